The highest BCUT2D eigenvalue weighted by Crippen LogP contribution is 2.22. The van der Waals surface area contributed by atoms with Crippen LogP contribution in [0.1, 0.15) is 53.9 Å². The van der Waals surface area contributed by atoms with Crippen LogP contribution in [0, 0.1) is 5.92 Å². The molecule has 1 saturated heterocycles. The number of amides is 1. The summed E-state index contributed by atoms with van der Waals surface area (Å²) in [5.41, 5.74) is 0. The van der Waals surface area contributed by atoms with Crippen molar-refractivity contribution in [2.45, 2.75) is 72.1 Å². The normalized spacial score (nSPS) is 27.9. The number of rotatable bonds is 5. The van der Waals surface area contributed by atoms with E-state index in [-0.39, 0.29) is 12.2 Å². The maximum Gasteiger partial charge on any atom is 0.241 e. The van der Waals surface area contributed by atoms with Crippen molar-refractivity contribution in [3.8, 4) is 0 Å². The summed E-state index contributed by atoms with van der Waals surface area (Å²) in [5.74, 6) is 0.668. The monoisotopic (exact) mass is 226 g/mol. The van der Waals surface area contributed by atoms with Crippen molar-refractivity contribution < 1.29 is 4.79 Å². The van der Waals surface area contributed by atoms with Gasteiger partial charge in [-0.1, -0.05) is 34.1 Å². The van der Waals surface area contributed by atoms with Crippen molar-refractivity contribution >= 4 is 5.91 Å². The fourth-order valence-corrected chi connectivity index (χ4v) is 2.61. The minimum absolute atomic E-state index is 0.0147. The molecular formula is C13H26N2O. The molecule has 3 unspecified atom stereocenters. The molecule has 1 rings (SSSR count). The molecule has 0 aromatic carbocycles. The molecule has 0 saturated carbocycles. The summed E-state index contributed by atoms with van der Waals surface area (Å²) < 4.78 is 0. The van der Waals surface area contributed by atoms with Gasteiger partial charge in [0.25, 0.3) is 0 Å². The molecule has 1 heterocycles. The molecule has 1 N–H and O–H groups in total. The fraction of sp³-hybridized carbons (Fsp3) is 0.923. The van der Waals surface area contributed by atoms with Crippen LogP contribution in [-0.4, -0.2) is 29.1 Å². The number of hydrogen-bond acceptors (Lipinski definition) is 2. The first-order valence-electron chi connectivity index (χ1n) is 6.61. The Labute approximate surface area is 99.6 Å². The van der Waals surface area contributed by atoms with E-state index in [4.69, 9.17) is 0 Å². The van der Waals surface area contributed by atoms with Crippen LogP contribution in [0.25, 0.3) is 0 Å². The second-order valence-electron chi connectivity index (χ2n) is 5.16. The smallest absolute Gasteiger partial charge is 0.241 e. The Bertz CT molecular complexity index is 240. The molecule has 94 valence electrons. The van der Waals surface area contributed by atoms with Gasteiger partial charge in [0, 0.05) is 6.04 Å². The van der Waals surface area contributed by atoms with Crippen molar-refractivity contribution in [1.82, 2.24) is 10.2 Å². The molecule has 3 nitrogen and oxygen atoms in total. The Morgan fingerprint density at radius 3 is 2.38 bits per heavy atom. The van der Waals surface area contributed by atoms with Crippen LogP contribution in [0.4, 0.5) is 0 Å². The first-order chi connectivity index (χ1) is 7.52. The summed E-state index contributed by atoms with van der Waals surface area (Å²) in [6.45, 7) is 10.7. The highest BCUT2D eigenvalue weighted by molar-refractivity contribution is 5.84. The third kappa shape index (κ3) is 2.57. The number of hydrogen-bond donors (Lipinski definition) is 1. The van der Waals surface area contributed by atoms with Crippen molar-refractivity contribution in [2.24, 2.45) is 5.92 Å². The molecule has 0 spiro atoms. The zero-order valence-electron chi connectivity index (χ0n) is 11.3. The Hall–Kier alpha value is -0.570. The summed E-state index contributed by atoms with van der Waals surface area (Å²) in [6, 6.07) is 0.421. The lowest BCUT2D eigenvalue weighted by Crippen LogP contribution is -2.42. The maximum absolute atomic E-state index is 12.3. The average Bonchev–Trinajstić information content (AvgIpc) is 2.52. The maximum atomic E-state index is 12.3. The lowest BCUT2D eigenvalue weighted by atomic mass is 10.0. The lowest BCUT2D eigenvalue weighted by Gasteiger charge is -2.30. The quantitative estimate of drug-likeness (QED) is 0.780. The molecule has 3 heteroatoms. The SMILES string of the molecule is CCCC(CC)N1C(=O)C(C(C)C)NC1C. The van der Waals surface area contributed by atoms with Gasteiger partial charge in [-0.05, 0) is 25.7 Å². The fourth-order valence-electron chi connectivity index (χ4n) is 2.61. The van der Waals surface area contributed by atoms with Crippen molar-refractivity contribution in [3.63, 3.8) is 0 Å². The van der Waals surface area contributed by atoms with Crippen LogP contribution in [-0.2, 0) is 4.79 Å². The van der Waals surface area contributed by atoms with Gasteiger partial charge in [0.2, 0.25) is 5.91 Å². The van der Waals surface area contributed by atoms with Crippen LogP contribution in [0.15, 0.2) is 0 Å². The predicted octanol–water partition coefficient (Wildman–Crippen LogP) is 2.37. The van der Waals surface area contributed by atoms with Crippen molar-refractivity contribution in [1.29, 1.82) is 0 Å². The van der Waals surface area contributed by atoms with Crippen LogP contribution < -0.4 is 5.32 Å². The molecule has 1 aliphatic rings. The summed E-state index contributed by atoms with van der Waals surface area (Å²) in [7, 11) is 0. The van der Waals surface area contributed by atoms with Crippen LogP contribution >= 0.6 is 0 Å². The topological polar surface area (TPSA) is 32.3 Å². The third-order valence-corrected chi connectivity index (χ3v) is 3.51. The van der Waals surface area contributed by atoms with Crippen LogP contribution in [0.2, 0.25) is 0 Å². The molecule has 16 heavy (non-hydrogen) atoms. The van der Waals surface area contributed by atoms with Gasteiger partial charge in [0.05, 0.1) is 12.2 Å². The first kappa shape index (κ1) is 13.5. The molecule has 1 aliphatic heterocycles. The molecule has 0 aliphatic carbocycles. The summed E-state index contributed by atoms with van der Waals surface area (Å²) >= 11 is 0. The highest BCUT2D eigenvalue weighted by atomic mass is 16.2. The van der Waals surface area contributed by atoms with E-state index < -0.39 is 0 Å². The molecule has 0 bridgehead atoms. The van der Waals surface area contributed by atoms with Gasteiger partial charge in [-0.3, -0.25) is 10.1 Å². The highest BCUT2D eigenvalue weighted by Gasteiger charge is 2.40. The molecule has 1 fully saturated rings. The van der Waals surface area contributed by atoms with Gasteiger partial charge in [0.1, 0.15) is 0 Å². The minimum atomic E-state index is 0.0147. The summed E-state index contributed by atoms with van der Waals surface area (Å²) in [6.07, 6.45) is 3.49. The number of nitrogens with zero attached hydrogens (tertiary/aromatic N) is 1. The second kappa shape index (κ2) is 5.67. The average molecular weight is 226 g/mol. The standard InChI is InChI=1S/C13H26N2O/c1-6-8-11(7-2)15-10(5)14-12(9(3)4)13(15)16/h9-12,14H,6-8H2,1-5H3. The van der Waals surface area contributed by atoms with Gasteiger partial charge < -0.3 is 4.90 Å². The van der Waals surface area contributed by atoms with Gasteiger partial charge >= 0.3 is 0 Å². The number of carbonyl (C=O) groups excluding carboxylic acids is 1. The zero-order chi connectivity index (χ0) is 12.3. The Morgan fingerprint density at radius 2 is 2.00 bits per heavy atom. The van der Waals surface area contributed by atoms with Gasteiger partial charge in [-0.15, -0.1) is 0 Å². The largest absolute Gasteiger partial charge is 0.323 e. The number of carbonyl (C=O) groups is 1. The Kier molecular flexibility index (Phi) is 4.78. The van der Waals surface area contributed by atoms with E-state index >= 15 is 0 Å². The predicted molar refractivity (Wildman–Crippen MR) is 67.1 cm³/mol. The van der Waals surface area contributed by atoms with E-state index in [0.29, 0.717) is 17.9 Å². The van der Waals surface area contributed by atoms with E-state index in [1.54, 1.807) is 0 Å². The number of nitrogens with one attached hydrogen (secondary N) is 1. The van der Waals surface area contributed by atoms with Gasteiger partial charge in [0.15, 0.2) is 0 Å². The summed E-state index contributed by atoms with van der Waals surface area (Å²) in [5, 5.41) is 3.40. The van der Waals surface area contributed by atoms with Gasteiger partial charge in [-0.25, -0.2) is 0 Å². The second-order valence-corrected chi connectivity index (χ2v) is 5.16. The van der Waals surface area contributed by atoms with Crippen LogP contribution in [0.5, 0.6) is 0 Å². The molecule has 1 amide bonds. The zero-order valence-corrected chi connectivity index (χ0v) is 11.3. The van der Waals surface area contributed by atoms with Crippen LogP contribution in [0.3, 0.4) is 0 Å². The molecule has 0 aromatic heterocycles. The molecular weight excluding hydrogens is 200 g/mol. The summed E-state index contributed by atoms with van der Waals surface area (Å²) in [4.78, 5) is 14.4. The Balaban J connectivity index is 2.76. The first-order valence-corrected chi connectivity index (χ1v) is 6.61. The van der Waals surface area contributed by atoms with E-state index in [1.807, 2.05) is 0 Å². The van der Waals surface area contributed by atoms with Crippen molar-refractivity contribution in [3.05, 3.63) is 0 Å². The van der Waals surface area contributed by atoms with E-state index in [2.05, 4.69) is 44.8 Å². The van der Waals surface area contributed by atoms with E-state index in [0.717, 1.165) is 19.3 Å². The van der Waals surface area contributed by atoms with Crippen molar-refractivity contribution in [2.75, 3.05) is 0 Å². The molecule has 0 aromatic rings. The lowest BCUT2D eigenvalue weighted by molar-refractivity contribution is -0.133. The van der Waals surface area contributed by atoms with Gasteiger partial charge in [-0.2, -0.15) is 0 Å². The van der Waals surface area contributed by atoms with E-state index in [1.165, 1.54) is 0 Å². The molecule has 3 atom stereocenters. The van der Waals surface area contributed by atoms with E-state index in [9.17, 15) is 4.79 Å². The Morgan fingerprint density at radius 1 is 1.38 bits per heavy atom. The minimum Gasteiger partial charge on any atom is -0.323 e. The molecule has 0 radical (unpaired) electrons. The third-order valence-electron chi connectivity index (χ3n) is 3.51.